The van der Waals surface area contributed by atoms with E-state index in [4.69, 9.17) is 26.0 Å². The van der Waals surface area contributed by atoms with Gasteiger partial charge in [-0.25, -0.2) is 9.98 Å². The summed E-state index contributed by atoms with van der Waals surface area (Å²) in [5.74, 6) is 0.109. The van der Waals surface area contributed by atoms with Gasteiger partial charge in [-0.15, -0.1) is 0 Å². The molecule has 42 heavy (non-hydrogen) atoms. The van der Waals surface area contributed by atoms with Gasteiger partial charge in [0.25, 0.3) is 11.6 Å². The lowest BCUT2D eigenvalue weighted by atomic mass is 9.93. The molecule has 5 heterocycles. The van der Waals surface area contributed by atoms with Crippen LogP contribution in [0.4, 0.5) is 6.01 Å². The number of nitrogen functional groups attached to an aromatic ring is 1. The van der Waals surface area contributed by atoms with E-state index in [1.54, 1.807) is 0 Å². The maximum Gasteiger partial charge on any atom is 0.292 e. The van der Waals surface area contributed by atoms with E-state index in [1.807, 2.05) is 52.9 Å². The number of oxazole rings is 1. The van der Waals surface area contributed by atoms with Gasteiger partial charge in [0.05, 0.1) is 17.6 Å². The minimum Gasteiger partial charge on any atom is -0.424 e. The molecule has 1 fully saturated rings. The summed E-state index contributed by atoms with van der Waals surface area (Å²) >= 11 is 0. The van der Waals surface area contributed by atoms with Crippen LogP contribution in [0.15, 0.2) is 66.8 Å². The minimum absolute atomic E-state index is 0.0610. The van der Waals surface area contributed by atoms with Crippen molar-refractivity contribution >= 4 is 45.8 Å². The molecule has 2 aromatic carbocycles. The number of aliphatic imine (C=N–C) groups is 2. The Balaban J connectivity index is 1.31. The summed E-state index contributed by atoms with van der Waals surface area (Å²) in [5, 5.41) is 8.73. The van der Waals surface area contributed by atoms with Gasteiger partial charge >= 0.3 is 0 Å². The molecule has 0 amide bonds. The van der Waals surface area contributed by atoms with Crippen LogP contribution in [-0.2, 0) is 6.54 Å². The molecule has 4 aromatic rings. The summed E-state index contributed by atoms with van der Waals surface area (Å²) in [7, 11) is 0. The van der Waals surface area contributed by atoms with Crippen LogP contribution in [0, 0.1) is 12.8 Å². The number of amidine groups is 1. The molecular formula is C31H35N9O2. The van der Waals surface area contributed by atoms with E-state index in [9.17, 15) is 4.79 Å². The first-order chi connectivity index (χ1) is 20.3. The average Bonchev–Trinajstić information content (AvgIpc) is 3.53. The lowest BCUT2D eigenvalue weighted by Gasteiger charge is -2.36. The molecule has 3 aliphatic heterocycles. The molecule has 0 spiro atoms. The SMILES string of the molecule is Cc1cccc2cc(CN3N=C(c4ccc5oc(N)nc5c4)C4C(N)=NC=NC43)n(C3CCN(C(C)C)CC3)c(=O)c12. The van der Waals surface area contributed by atoms with Crippen LogP contribution < -0.4 is 17.0 Å². The Labute approximate surface area is 243 Å². The second-order valence-electron chi connectivity index (χ2n) is 11.7. The molecule has 0 bridgehead atoms. The van der Waals surface area contributed by atoms with E-state index in [-0.39, 0.29) is 29.7 Å². The highest BCUT2D eigenvalue weighted by atomic mass is 16.4. The number of piperidine rings is 1. The first-order valence-electron chi connectivity index (χ1n) is 14.5. The number of aromatic nitrogens is 2. The topological polar surface area (TPSA) is 144 Å². The van der Waals surface area contributed by atoms with Crippen molar-refractivity contribution in [1.29, 1.82) is 0 Å². The number of hydrazone groups is 1. The van der Waals surface area contributed by atoms with Gasteiger partial charge in [-0.3, -0.25) is 9.80 Å². The fourth-order valence-corrected chi connectivity index (χ4v) is 6.70. The highest BCUT2D eigenvalue weighted by Crippen LogP contribution is 2.33. The lowest BCUT2D eigenvalue weighted by molar-refractivity contribution is 0.145. The van der Waals surface area contributed by atoms with Gasteiger partial charge in [0, 0.05) is 36.4 Å². The van der Waals surface area contributed by atoms with E-state index in [1.165, 1.54) is 6.34 Å². The molecule has 2 aromatic heterocycles. The second-order valence-corrected chi connectivity index (χ2v) is 11.7. The van der Waals surface area contributed by atoms with E-state index in [2.05, 4.69) is 34.8 Å². The summed E-state index contributed by atoms with van der Waals surface area (Å²) in [5.41, 5.74) is 17.0. The quantitative estimate of drug-likeness (QED) is 0.376. The molecule has 4 N–H and O–H groups in total. The second kappa shape index (κ2) is 10.1. The Morgan fingerprint density at radius 3 is 2.69 bits per heavy atom. The lowest BCUT2D eigenvalue weighted by Crippen LogP contribution is -2.44. The zero-order chi connectivity index (χ0) is 29.1. The summed E-state index contributed by atoms with van der Waals surface area (Å²) in [6.45, 7) is 8.79. The zero-order valence-corrected chi connectivity index (χ0v) is 24.1. The Kier molecular flexibility index (Phi) is 6.34. The Hall–Kier alpha value is -4.51. The fourth-order valence-electron chi connectivity index (χ4n) is 6.70. The molecule has 7 rings (SSSR count). The van der Waals surface area contributed by atoms with Crippen LogP contribution >= 0.6 is 0 Å². The van der Waals surface area contributed by atoms with Crippen molar-refractivity contribution in [3.8, 4) is 0 Å². The van der Waals surface area contributed by atoms with Crippen molar-refractivity contribution in [2.24, 2.45) is 26.7 Å². The van der Waals surface area contributed by atoms with Gasteiger partial charge in [0.2, 0.25) is 0 Å². The number of fused-ring (bicyclic) bond motifs is 3. The molecule has 0 radical (unpaired) electrons. The summed E-state index contributed by atoms with van der Waals surface area (Å²) < 4.78 is 7.50. The predicted molar refractivity (Wildman–Crippen MR) is 166 cm³/mol. The van der Waals surface area contributed by atoms with Crippen molar-refractivity contribution in [2.45, 2.75) is 58.4 Å². The van der Waals surface area contributed by atoms with Crippen molar-refractivity contribution in [1.82, 2.24) is 19.5 Å². The van der Waals surface area contributed by atoms with E-state index in [0.717, 1.165) is 59.2 Å². The molecular weight excluding hydrogens is 530 g/mol. The molecule has 0 aliphatic carbocycles. The summed E-state index contributed by atoms with van der Waals surface area (Å²) in [6.07, 6.45) is 2.96. The van der Waals surface area contributed by atoms with E-state index in [0.29, 0.717) is 29.5 Å². The van der Waals surface area contributed by atoms with Crippen molar-refractivity contribution < 1.29 is 4.42 Å². The maximum absolute atomic E-state index is 14.2. The van der Waals surface area contributed by atoms with Gasteiger partial charge in [0.1, 0.15) is 23.6 Å². The van der Waals surface area contributed by atoms with Crippen LogP contribution in [0.2, 0.25) is 0 Å². The molecule has 3 aliphatic rings. The van der Waals surface area contributed by atoms with E-state index >= 15 is 0 Å². The highest BCUT2D eigenvalue weighted by Gasteiger charge is 2.42. The largest absolute Gasteiger partial charge is 0.424 e. The number of pyridine rings is 1. The molecule has 11 nitrogen and oxygen atoms in total. The monoisotopic (exact) mass is 565 g/mol. The molecule has 1 saturated heterocycles. The smallest absolute Gasteiger partial charge is 0.292 e. The van der Waals surface area contributed by atoms with Crippen LogP contribution in [0.5, 0.6) is 0 Å². The van der Waals surface area contributed by atoms with Crippen LogP contribution in [0.3, 0.4) is 0 Å². The molecule has 11 heteroatoms. The first-order valence-corrected chi connectivity index (χ1v) is 14.5. The summed E-state index contributed by atoms with van der Waals surface area (Å²) in [4.78, 5) is 30.0. The number of nitrogens with two attached hydrogens (primary N) is 2. The van der Waals surface area contributed by atoms with Crippen LogP contribution in [-0.4, -0.2) is 62.6 Å². The van der Waals surface area contributed by atoms with Crippen molar-refractivity contribution in [3.63, 3.8) is 0 Å². The predicted octanol–water partition coefficient (Wildman–Crippen LogP) is 3.64. The van der Waals surface area contributed by atoms with Crippen LogP contribution in [0.25, 0.3) is 21.9 Å². The van der Waals surface area contributed by atoms with Crippen LogP contribution in [0.1, 0.15) is 49.6 Å². The minimum atomic E-state index is -0.380. The van der Waals surface area contributed by atoms with E-state index < -0.39 is 0 Å². The number of aryl methyl sites for hydroxylation is 1. The number of hydrogen-bond acceptors (Lipinski definition) is 10. The molecule has 216 valence electrons. The number of anilines is 1. The third kappa shape index (κ3) is 4.35. The number of nitrogens with zero attached hydrogens (tertiary/aromatic N) is 7. The van der Waals surface area contributed by atoms with Gasteiger partial charge in [-0.2, -0.15) is 10.1 Å². The summed E-state index contributed by atoms with van der Waals surface area (Å²) in [6, 6.07) is 14.5. The Bertz CT molecular complexity index is 1840. The normalized spacial score (nSPS) is 21.4. The van der Waals surface area contributed by atoms with Gasteiger partial charge < -0.3 is 25.4 Å². The number of rotatable bonds is 5. The van der Waals surface area contributed by atoms with Crippen molar-refractivity contribution in [3.05, 3.63) is 69.6 Å². The standard InChI is InChI=1S/C31H35N9O2/c1-17(2)38-11-9-21(10-12-38)40-22(13-19-6-4-5-18(3)25(19)30(40)41)15-39-29-26(28(32)34-16-35-29)27(37-39)20-7-8-24-23(14-20)36-31(33)42-24/h4-8,13-14,16-17,21,26,29H,9-12,15H2,1-3H3,(H2,33,36)(H2,32,34,35). The third-order valence-corrected chi connectivity index (χ3v) is 8.87. The van der Waals surface area contributed by atoms with Crippen molar-refractivity contribution in [2.75, 3.05) is 18.8 Å². The third-order valence-electron chi connectivity index (χ3n) is 8.87. The van der Waals surface area contributed by atoms with Gasteiger partial charge in [-0.1, -0.05) is 18.2 Å². The van der Waals surface area contributed by atoms with Gasteiger partial charge in [0.15, 0.2) is 11.7 Å². The number of likely N-dealkylation sites (tertiary alicyclic amines) is 1. The first kappa shape index (κ1) is 26.4. The molecule has 0 saturated carbocycles. The fraction of sp³-hybridized carbons (Fsp3) is 0.387. The molecule has 2 atom stereocenters. The zero-order valence-electron chi connectivity index (χ0n) is 24.1. The average molecular weight is 566 g/mol. The Morgan fingerprint density at radius 1 is 1.10 bits per heavy atom. The number of hydrogen-bond donors (Lipinski definition) is 2. The highest BCUT2D eigenvalue weighted by molar-refractivity contribution is 6.17. The Morgan fingerprint density at radius 2 is 1.90 bits per heavy atom. The maximum atomic E-state index is 14.2. The molecule has 2 unspecified atom stereocenters. The number of benzene rings is 2. The van der Waals surface area contributed by atoms with Gasteiger partial charge in [-0.05, 0) is 68.8 Å².